The standard InChI is InChI=1S/C24H31N7O/c1-29(13-18-6-4-3-5-7-18)16-21-17-31(28-27-21)22-10-19-14-30(24-12-25-8-9-26-24)15-20(19)11-23(22)32-2/h3-9,12,17,19-20,22-23H,10-11,13-16H2,1-2H3/t19-,20+,22-,23-/m1/s1. The minimum atomic E-state index is 0.148. The van der Waals surface area contributed by atoms with Crippen molar-refractivity contribution in [1.29, 1.82) is 0 Å². The molecule has 0 unspecified atom stereocenters. The summed E-state index contributed by atoms with van der Waals surface area (Å²) in [6.07, 6.45) is 9.68. The van der Waals surface area contributed by atoms with Crippen molar-refractivity contribution < 1.29 is 4.74 Å². The van der Waals surface area contributed by atoms with Crippen LogP contribution in [-0.4, -0.2) is 63.2 Å². The molecule has 32 heavy (non-hydrogen) atoms. The number of hydrogen-bond acceptors (Lipinski definition) is 7. The number of fused-ring (bicyclic) bond motifs is 1. The number of methoxy groups -OCH3 is 1. The lowest BCUT2D eigenvalue weighted by Crippen LogP contribution is -2.37. The van der Waals surface area contributed by atoms with E-state index in [0.717, 1.165) is 50.5 Å². The highest BCUT2D eigenvalue weighted by atomic mass is 16.5. The minimum absolute atomic E-state index is 0.148. The molecule has 8 heteroatoms. The predicted molar refractivity (Wildman–Crippen MR) is 122 cm³/mol. The fraction of sp³-hybridized carbons (Fsp3) is 0.500. The largest absolute Gasteiger partial charge is 0.379 e. The molecule has 3 heterocycles. The van der Waals surface area contributed by atoms with Gasteiger partial charge in [0.25, 0.3) is 0 Å². The van der Waals surface area contributed by atoms with Crippen LogP contribution in [0.1, 0.15) is 30.1 Å². The van der Waals surface area contributed by atoms with E-state index < -0.39 is 0 Å². The van der Waals surface area contributed by atoms with E-state index >= 15 is 0 Å². The molecule has 1 saturated heterocycles. The summed E-state index contributed by atoms with van der Waals surface area (Å²) in [5.74, 6) is 2.18. The quantitative estimate of drug-likeness (QED) is 0.567. The topological polar surface area (TPSA) is 72.2 Å². The van der Waals surface area contributed by atoms with E-state index in [1.807, 2.05) is 24.1 Å². The first kappa shape index (κ1) is 21.0. The summed E-state index contributed by atoms with van der Waals surface area (Å²) >= 11 is 0. The maximum atomic E-state index is 5.93. The van der Waals surface area contributed by atoms with Crippen LogP contribution < -0.4 is 4.90 Å². The molecule has 2 fully saturated rings. The second-order valence-corrected chi connectivity index (χ2v) is 9.15. The molecule has 1 aliphatic carbocycles. The first-order chi connectivity index (χ1) is 15.7. The number of anilines is 1. The third-order valence-corrected chi connectivity index (χ3v) is 6.89. The van der Waals surface area contributed by atoms with Gasteiger partial charge in [-0.05, 0) is 37.3 Å². The summed E-state index contributed by atoms with van der Waals surface area (Å²) in [4.78, 5) is 13.4. The lowest BCUT2D eigenvalue weighted by molar-refractivity contribution is -0.00543. The van der Waals surface area contributed by atoms with Gasteiger partial charge in [0.2, 0.25) is 0 Å². The molecular formula is C24H31N7O. The van der Waals surface area contributed by atoms with Gasteiger partial charge in [-0.25, -0.2) is 9.67 Å². The molecule has 5 rings (SSSR count). The van der Waals surface area contributed by atoms with Gasteiger partial charge in [0.05, 0.1) is 30.2 Å². The maximum absolute atomic E-state index is 5.93. The van der Waals surface area contributed by atoms with E-state index in [0.29, 0.717) is 11.8 Å². The molecule has 8 nitrogen and oxygen atoms in total. The second kappa shape index (κ2) is 9.34. The Morgan fingerprint density at radius 3 is 2.62 bits per heavy atom. The van der Waals surface area contributed by atoms with E-state index in [1.165, 1.54) is 5.56 Å². The van der Waals surface area contributed by atoms with E-state index in [1.54, 1.807) is 12.4 Å². The van der Waals surface area contributed by atoms with Gasteiger partial charge in [-0.3, -0.25) is 9.88 Å². The van der Waals surface area contributed by atoms with Crippen LogP contribution >= 0.6 is 0 Å². The number of nitrogens with zero attached hydrogens (tertiary/aromatic N) is 7. The summed E-state index contributed by atoms with van der Waals surface area (Å²) in [6, 6.07) is 10.7. The van der Waals surface area contributed by atoms with Crippen LogP contribution in [0, 0.1) is 11.8 Å². The lowest BCUT2D eigenvalue weighted by atomic mass is 9.77. The van der Waals surface area contributed by atoms with Crippen molar-refractivity contribution >= 4 is 5.82 Å². The average Bonchev–Trinajstić information content (AvgIpc) is 3.46. The van der Waals surface area contributed by atoms with Crippen molar-refractivity contribution in [1.82, 2.24) is 29.9 Å². The van der Waals surface area contributed by atoms with Crippen LogP contribution in [0.3, 0.4) is 0 Å². The van der Waals surface area contributed by atoms with Crippen molar-refractivity contribution in [2.24, 2.45) is 11.8 Å². The molecule has 1 aliphatic heterocycles. The van der Waals surface area contributed by atoms with Gasteiger partial charge >= 0.3 is 0 Å². The van der Waals surface area contributed by atoms with Crippen LogP contribution in [-0.2, 0) is 17.8 Å². The Morgan fingerprint density at radius 2 is 1.88 bits per heavy atom. The Balaban J connectivity index is 1.24. The normalized spacial score (nSPS) is 25.3. The molecule has 0 amide bonds. The fourth-order valence-electron chi connectivity index (χ4n) is 5.34. The molecule has 0 spiro atoms. The molecule has 1 saturated carbocycles. The highest BCUT2D eigenvalue weighted by molar-refractivity contribution is 5.37. The molecule has 3 aromatic rings. The zero-order valence-electron chi connectivity index (χ0n) is 18.8. The van der Waals surface area contributed by atoms with Crippen LogP contribution in [0.15, 0.2) is 55.1 Å². The molecule has 2 aliphatic rings. The summed E-state index contributed by atoms with van der Waals surface area (Å²) in [7, 11) is 3.94. The van der Waals surface area contributed by atoms with Gasteiger partial charge in [0.1, 0.15) is 5.82 Å². The Bertz CT molecular complexity index is 996. The SMILES string of the molecule is CO[C@@H]1C[C@H]2CN(c3cnccn3)C[C@H]2C[C@H]1n1cc(CN(C)Cc2ccccc2)nn1. The van der Waals surface area contributed by atoms with E-state index in [4.69, 9.17) is 4.74 Å². The minimum Gasteiger partial charge on any atom is -0.379 e. The summed E-state index contributed by atoms with van der Waals surface area (Å²) in [5.41, 5.74) is 2.29. The van der Waals surface area contributed by atoms with Crippen LogP contribution in [0.25, 0.3) is 0 Å². The molecule has 168 valence electrons. The zero-order valence-corrected chi connectivity index (χ0v) is 18.8. The van der Waals surface area contributed by atoms with E-state index in [-0.39, 0.29) is 12.1 Å². The van der Waals surface area contributed by atoms with Gasteiger partial charge in [-0.2, -0.15) is 0 Å². The maximum Gasteiger partial charge on any atom is 0.147 e. The Hall–Kier alpha value is -2.84. The van der Waals surface area contributed by atoms with Gasteiger partial charge in [0, 0.05) is 45.7 Å². The molecular weight excluding hydrogens is 402 g/mol. The van der Waals surface area contributed by atoms with Gasteiger partial charge < -0.3 is 9.64 Å². The summed E-state index contributed by atoms with van der Waals surface area (Å²) < 4.78 is 7.97. The monoisotopic (exact) mass is 433 g/mol. The first-order valence-electron chi connectivity index (χ1n) is 11.4. The van der Waals surface area contributed by atoms with Crippen molar-refractivity contribution in [3.05, 3.63) is 66.4 Å². The van der Waals surface area contributed by atoms with E-state index in [9.17, 15) is 0 Å². The Kier molecular flexibility index (Phi) is 6.14. The zero-order chi connectivity index (χ0) is 21.9. The Morgan fingerprint density at radius 1 is 1.06 bits per heavy atom. The second-order valence-electron chi connectivity index (χ2n) is 9.15. The Labute approximate surface area is 189 Å². The summed E-state index contributed by atoms with van der Waals surface area (Å²) in [6.45, 7) is 3.69. The van der Waals surface area contributed by atoms with Crippen molar-refractivity contribution in [3.63, 3.8) is 0 Å². The van der Waals surface area contributed by atoms with Gasteiger partial charge in [-0.15, -0.1) is 5.10 Å². The van der Waals surface area contributed by atoms with Crippen molar-refractivity contribution in [3.8, 4) is 0 Å². The van der Waals surface area contributed by atoms with Gasteiger partial charge in [0.15, 0.2) is 0 Å². The fourth-order valence-corrected chi connectivity index (χ4v) is 5.34. The number of rotatable bonds is 7. The molecule has 1 aromatic carbocycles. The van der Waals surface area contributed by atoms with Crippen molar-refractivity contribution in [2.75, 3.05) is 32.1 Å². The predicted octanol–water partition coefficient (Wildman–Crippen LogP) is 2.80. The molecule has 4 atom stereocenters. The molecule has 2 aromatic heterocycles. The third-order valence-electron chi connectivity index (χ3n) is 6.89. The van der Waals surface area contributed by atoms with Gasteiger partial charge in [-0.1, -0.05) is 35.5 Å². The smallest absolute Gasteiger partial charge is 0.147 e. The number of aromatic nitrogens is 5. The summed E-state index contributed by atoms with van der Waals surface area (Å²) in [5, 5.41) is 8.99. The first-order valence-corrected chi connectivity index (χ1v) is 11.4. The molecule has 0 bridgehead atoms. The average molecular weight is 434 g/mol. The highest BCUT2D eigenvalue weighted by Gasteiger charge is 2.43. The highest BCUT2D eigenvalue weighted by Crippen LogP contribution is 2.42. The van der Waals surface area contributed by atoms with Crippen LogP contribution in [0.4, 0.5) is 5.82 Å². The third kappa shape index (κ3) is 4.52. The lowest BCUT2D eigenvalue weighted by Gasteiger charge is -2.36. The van der Waals surface area contributed by atoms with E-state index in [2.05, 4.69) is 67.6 Å². The number of ether oxygens (including phenoxy) is 1. The molecule has 0 N–H and O–H groups in total. The van der Waals surface area contributed by atoms with Crippen LogP contribution in [0.5, 0.6) is 0 Å². The molecule has 0 radical (unpaired) electrons. The van der Waals surface area contributed by atoms with Crippen LogP contribution in [0.2, 0.25) is 0 Å². The number of benzene rings is 1. The number of hydrogen-bond donors (Lipinski definition) is 0. The van der Waals surface area contributed by atoms with Crippen molar-refractivity contribution in [2.45, 2.75) is 38.1 Å².